The molecule has 116 valence electrons. The Morgan fingerprint density at radius 1 is 1.41 bits per heavy atom. The van der Waals surface area contributed by atoms with E-state index in [1.807, 2.05) is 0 Å². The number of aliphatic hydroxyl groups excluding tert-OH is 1. The summed E-state index contributed by atoms with van der Waals surface area (Å²) in [7, 11) is 0. The highest BCUT2D eigenvalue weighted by Crippen LogP contribution is 2.28. The van der Waals surface area contributed by atoms with Gasteiger partial charge >= 0.3 is 0 Å². The minimum Gasteiger partial charge on any atom is -0.390 e. The fourth-order valence-electron chi connectivity index (χ4n) is 3.21. The summed E-state index contributed by atoms with van der Waals surface area (Å²) >= 11 is 0. The number of fused-ring (bicyclic) bond motifs is 1. The molecule has 0 saturated carbocycles. The number of H-pyrrole nitrogens is 1. The van der Waals surface area contributed by atoms with Crippen molar-refractivity contribution in [2.45, 2.75) is 31.9 Å². The van der Waals surface area contributed by atoms with Gasteiger partial charge in [0.1, 0.15) is 12.1 Å². The monoisotopic (exact) mass is 301 g/mol. The van der Waals surface area contributed by atoms with Crippen LogP contribution in [0.4, 0.5) is 5.82 Å². The van der Waals surface area contributed by atoms with Crippen LogP contribution in [0.5, 0.6) is 0 Å². The number of aromatic amines is 1. The van der Waals surface area contributed by atoms with E-state index in [1.54, 1.807) is 6.33 Å². The third-order valence-corrected chi connectivity index (χ3v) is 4.51. The lowest BCUT2D eigenvalue weighted by Gasteiger charge is -2.28. The first kappa shape index (κ1) is 13.7. The van der Waals surface area contributed by atoms with E-state index in [4.69, 9.17) is 4.74 Å². The molecule has 7 nitrogen and oxygen atoms in total. The third-order valence-electron chi connectivity index (χ3n) is 4.51. The van der Waals surface area contributed by atoms with E-state index in [1.165, 1.54) is 0 Å². The number of ether oxygens (including phenoxy) is 1. The maximum atomic E-state index is 9.39. The second-order valence-electron chi connectivity index (χ2n) is 5.82. The molecule has 2 aliphatic heterocycles. The van der Waals surface area contributed by atoms with Gasteiger partial charge in [0, 0.05) is 49.4 Å². The van der Waals surface area contributed by atoms with E-state index in [-0.39, 0.29) is 6.61 Å². The molecule has 4 rings (SSSR count). The molecule has 22 heavy (non-hydrogen) atoms. The highest BCUT2D eigenvalue weighted by molar-refractivity contribution is 5.44. The normalized spacial score (nSPS) is 21.1. The van der Waals surface area contributed by atoms with Gasteiger partial charge in [-0.3, -0.25) is 5.10 Å². The van der Waals surface area contributed by atoms with Crippen LogP contribution in [0.1, 0.15) is 35.0 Å². The number of anilines is 1. The summed E-state index contributed by atoms with van der Waals surface area (Å²) in [5, 5.41) is 16.6. The second-order valence-corrected chi connectivity index (χ2v) is 5.82. The highest BCUT2D eigenvalue weighted by Gasteiger charge is 2.24. The second kappa shape index (κ2) is 5.66. The molecule has 0 bridgehead atoms. The predicted molar refractivity (Wildman–Crippen MR) is 79.5 cm³/mol. The van der Waals surface area contributed by atoms with E-state index in [0.29, 0.717) is 5.92 Å². The number of nitrogens with one attached hydrogen (secondary N) is 1. The summed E-state index contributed by atoms with van der Waals surface area (Å²) in [6, 6.07) is 2.07. The fraction of sp³-hybridized carbons (Fsp3) is 0.533. The Morgan fingerprint density at radius 2 is 2.36 bits per heavy atom. The number of rotatable bonds is 3. The van der Waals surface area contributed by atoms with Crippen molar-refractivity contribution in [2.75, 3.05) is 24.7 Å². The smallest absolute Gasteiger partial charge is 0.132 e. The molecular weight excluding hydrogens is 282 g/mol. The van der Waals surface area contributed by atoms with Gasteiger partial charge in [-0.25, -0.2) is 9.97 Å². The zero-order chi connectivity index (χ0) is 14.9. The van der Waals surface area contributed by atoms with Gasteiger partial charge in [-0.05, 0) is 6.42 Å². The van der Waals surface area contributed by atoms with Gasteiger partial charge in [-0.1, -0.05) is 0 Å². The first-order chi connectivity index (χ1) is 10.8. The van der Waals surface area contributed by atoms with Crippen LogP contribution < -0.4 is 4.90 Å². The molecule has 0 amide bonds. The minimum atomic E-state index is -0.0336. The number of aliphatic hydroxyl groups is 1. The van der Waals surface area contributed by atoms with Crippen molar-refractivity contribution < 1.29 is 9.84 Å². The van der Waals surface area contributed by atoms with Crippen LogP contribution in [0.15, 0.2) is 12.4 Å². The highest BCUT2D eigenvalue weighted by atomic mass is 16.5. The number of hydrogen-bond acceptors (Lipinski definition) is 6. The van der Waals surface area contributed by atoms with Gasteiger partial charge in [0.05, 0.1) is 24.6 Å². The zero-order valence-corrected chi connectivity index (χ0v) is 12.3. The summed E-state index contributed by atoms with van der Waals surface area (Å²) in [5.74, 6) is 1.32. The molecule has 1 fully saturated rings. The van der Waals surface area contributed by atoms with Crippen molar-refractivity contribution in [1.82, 2.24) is 20.2 Å². The molecule has 0 unspecified atom stereocenters. The quantitative estimate of drug-likeness (QED) is 0.870. The Morgan fingerprint density at radius 3 is 3.18 bits per heavy atom. The fourth-order valence-corrected chi connectivity index (χ4v) is 3.21. The van der Waals surface area contributed by atoms with E-state index in [2.05, 4.69) is 31.1 Å². The van der Waals surface area contributed by atoms with Gasteiger partial charge in [0.25, 0.3) is 0 Å². The SMILES string of the molecule is OCc1n[nH]c2c1CN(c1cc([C@H]3CCOC3)ncn1)CC2. The number of hydrogen-bond donors (Lipinski definition) is 2. The Labute approximate surface area is 128 Å². The maximum Gasteiger partial charge on any atom is 0.132 e. The molecule has 1 saturated heterocycles. The minimum absolute atomic E-state index is 0.0336. The molecule has 0 radical (unpaired) electrons. The summed E-state index contributed by atoms with van der Waals surface area (Å²) in [5.41, 5.74) is 4.01. The van der Waals surface area contributed by atoms with E-state index >= 15 is 0 Å². The standard InChI is InChI=1S/C15H19N5O2/c21-7-14-11-6-20(3-1-12(11)18-19-14)15-5-13(16-9-17-15)10-2-4-22-8-10/h5,9-10,21H,1-4,6-8H2,(H,18,19)/t10-/m0/s1. The van der Waals surface area contributed by atoms with E-state index < -0.39 is 0 Å². The average Bonchev–Trinajstić information content (AvgIpc) is 3.24. The molecule has 0 spiro atoms. The molecule has 2 aliphatic rings. The maximum absolute atomic E-state index is 9.39. The van der Waals surface area contributed by atoms with Gasteiger partial charge in [-0.2, -0.15) is 5.10 Å². The van der Waals surface area contributed by atoms with Crippen molar-refractivity contribution >= 4 is 5.82 Å². The molecule has 1 atom stereocenters. The van der Waals surface area contributed by atoms with Crippen molar-refractivity contribution in [3.63, 3.8) is 0 Å². The van der Waals surface area contributed by atoms with Gasteiger partial charge in [0.15, 0.2) is 0 Å². The summed E-state index contributed by atoms with van der Waals surface area (Å²) in [6.45, 7) is 3.13. The van der Waals surface area contributed by atoms with Crippen LogP contribution in [0.3, 0.4) is 0 Å². The van der Waals surface area contributed by atoms with Gasteiger partial charge < -0.3 is 14.7 Å². The number of aromatic nitrogens is 4. The van der Waals surface area contributed by atoms with Crippen LogP contribution >= 0.6 is 0 Å². The summed E-state index contributed by atoms with van der Waals surface area (Å²) in [6.07, 6.45) is 3.55. The summed E-state index contributed by atoms with van der Waals surface area (Å²) in [4.78, 5) is 11.1. The third kappa shape index (κ3) is 2.36. The van der Waals surface area contributed by atoms with E-state index in [9.17, 15) is 5.11 Å². The largest absolute Gasteiger partial charge is 0.390 e. The van der Waals surface area contributed by atoms with Gasteiger partial charge in [0.2, 0.25) is 0 Å². The van der Waals surface area contributed by atoms with Crippen LogP contribution in [-0.4, -0.2) is 45.0 Å². The molecule has 2 aromatic heterocycles. The predicted octanol–water partition coefficient (Wildman–Crippen LogP) is 0.759. The molecular formula is C15H19N5O2. The molecule has 2 N–H and O–H groups in total. The Hall–Kier alpha value is -1.99. The first-order valence-electron chi connectivity index (χ1n) is 7.65. The molecule has 2 aromatic rings. The van der Waals surface area contributed by atoms with Crippen LogP contribution in [0.25, 0.3) is 0 Å². The Bertz CT molecular complexity index is 652. The van der Waals surface area contributed by atoms with E-state index in [0.717, 1.165) is 67.6 Å². The summed E-state index contributed by atoms with van der Waals surface area (Å²) < 4.78 is 5.45. The topological polar surface area (TPSA) is 87.2 Å². The van der Waals surface area contributed by atoms with Gasteiger partial charge in [-0.15, -0.1) is 0 Å². The Kier molecular flexibility index (Phi) is 3.51. The lowest BCUT2D eigenvalue weighted by Crippen LogP contribution is -2.31. The molecule has 4 heterocycles. The van der Waals surface area contributed by atoms with Crippen molar-refractivity contribution in [3.05, 3.63) is 35.0 Å². The van der Waals surface area contributed by atoms with Crippen molar-refractivity contribution in [3.8, 4) is 0 Å². The average molecular weight is 301 g/mol. The van der Waals surface area contributed by atoms with Crippen LogP contribution in [0, 0.1) is 0 Å². The van der Waals surface area contributed by atoms with Crippen LogP contribution in [-0.2, 0) is 24.3 Å². The lowest BCUT2D eigenvalue weighted by molar-refractivity contribution is 0.193. The lowest BCUT2D eigenvalue weighted by atomic mass is 10.0. The molecule has 7 heteroatoms. The zero-order valence-electron chi connectivity index (χ0n) is 12.3. The molecule has 0 aromatic carbocycles. The van der Waals surface area contributed by atoms with Crippen molar-refractivity contribution in [1.29, 1.82) is 0 Å². The Balaban J connectivity index is 1.59. The number of nitrogens with zero attached hydrogens (tertiary/aromatic N) is 4. The van der Waals surface area contributed by atoms with Crippen LogP contribution in [0.2, 0.25) is 0 Å². The first-order valence-corrected chi connectivity index (χ1v) is 7.65. The molecule has 0 aliphatic carbocycles. The van der Waals surface area contributed by atoms with Crippen molar-refractivity contribution in [2.24, 2.45) is 0 Å².